The van der Waals surface area contributed by atoms with Crippen LogP contribution >= 0.6 is 11.6 Å². The monoisotopic (exact) mass is 476 g/mol. The highest BCUT2D eigenvalue weighted by Crippen LogP contribution is 2.39. The highest BCUT2D eigenvalue weighted by molar-refractivity contribution is 6.31. The van der Waals surface area contributed by atoms with Crippen LogP contribution in [0, 0.1) is 12.8 Å². The molecule has 0 radical (unpaired) electrons. The van der Waals surface area contributed by atoms with E-state index in [1.165, 1.54) is 17.2 Å². The third-order valence-electron chi connectivity index (χ3n) is 6.98. The van der Waals surface area contributed by atoms with Crippen LogP contribution in [-0.2, 0) is 16.1 Å². The Hall–Kier alpha value is -2.85. The van der Waals surface area contributed by atoms with Crippen LogP contribution in [0.15, 0.2) is 55.1 Å². The maximum atomic E-state index is 13.0. The topological polar surface area (TPSA) is 42.3 Å². The van der Waals surface area contributed by atoms with Gasteiger partial charge in [-0.2, -0.15) is 0 Å². The normalized spacial score (nSPS) is 14.0. The molecule has 2 heterocycles. The summed E-state index contributed by atoms with van der Waals surface area (Å²) in [4.78, 5) is 26.4. The zero-order valence-electron chi connectivity index (χ0n) is 20.3. The lowest BCUT2D eigenvalue weighted by Gasteiger charge is -2.38. The first kappa shape index (κ1) is 24.3. The number of nitrogens with zero attached hydrogens (tertiary/aromatic N) is 2. The molecule has 1 aromatic heterocycles. The first-order valence-corrected chi connectivity index (χ1v) is 12.5. The smallest absolute Gasteiger partial charge is 0.245 e. The van der Waals surface area contributed by atoms with Crippen molar-refractivity contribution >= 4 is 34.2 Å². The number of halogens is 1. The SMILES string of the molecule is C=CC(=O)N1CC(CCCC(=O)Cn2c(C)c(-c3ccccc3C(C)C)c3cc(Cl)ccc32)C1. The summed E-state index contributed by atoms with van der Waals surface area (Å²) in [5, 5.41) is 1.79. The van der Waals surface area contributed by atoms with Crippen molar-refractivity contribution in [3.8, 4) is 11.1 Å². The molecule has 1 amide bonds. The number of amides is 1. The van der Waals surface area contributed by atoms with Crippen LogP contribution in [0.1, 0.15) is 50.3 Å². The zero-order chi connectivity index (χ0) is 24.4. The van der Waals surface area contributed by atoms with Gasteiger partial charge in [0.1, 0.15) is 0 Å². The van der Waals surface area contributed by atoms with E-state index in [0.717, 1.165) is 48.1 Å². The number of hydrogen-bond donors (Lipinski definition) is 0. The molecule has 3 aromatic rings. The Balaban J connectivity index is 1.52. The third-order valence-corrected chi connectivity index (χ3v) is 7.22. The second-order valence-corrected chi connectivity index (χ2v) is 10.1. The van der Waals surface area contributed by atoms with Crippen LogP contribution < -0.4 is 0 Å². The quantitative estimate of drug-likeness (QED) is 0.319. The number of hydrogen-bond acceptors (Lipinski definition) is 2. The van der Waals surface area contributed by atoms with Crippen molar-refractivity contribution in [2.45, 2.75) is 52.5 Å². The van der Waals surface area contributed by atoms with E-state index >= 15 is 0 Å². The minimum Gasteiger partial charge on any atom is -0.338 e. The van der Waals surface area contributed by atoms with Crippen LogP contribution in [0.25, 0.3) is 22.0 Å². The van der Waals surface area contributed by atoms with Gasteiger partial charge in [-0.25, -0.2) is 0 Å². The molecular weight excluding hydrogens is 444 g/mol. The van der Waals surface area contributed by atoms with E-state index < -0.39 is 0 Å². The van der Waals surface area contributed by atoms with Crippen molar-refractivity contribution in [3.63, 3.8) is 0 Å². The molecule has 4 rings (SSSR count). The summed E-state index contributed by atoms with van der Waals surface area (Å²) in [5.74, 6) is 1.11. The molecule has 1 saturated heterocycles. The van der Waals surface area contributed by atoms with Crippen molar-refractivity contribution in [2.75, 3.05) is 13.1 Å². The second-order valence-electron chi connectivity index (χ2n) is 9.69. The van der Waals surface area contributed by atoms with E-state index in [9.17, 15) is 9.59 Å². The van der Waals surface area contributed by atoms with Gasteiger partial charge in [0, 0.05) is 46.7 Å². The number of carbonyl (C=O) groups excluding carboxylic acids is 2. The lowest BCUT2D eigenvalue weighted by molar-refractivity contribution is -0.132. The second kappa shape index (κ2) is 10.2. The lowest BCUT2D eigenvalue weighted by atomic mass is 9.91. The molecule has 34 heavy (non-hydrogen) atoms. The van der Waals surface area contributed by atoms with E-state index in [1.54, 1.807) is 4.90 Å². The highest BCUT2D eigenvalue weighted by Gasteiger charge is 2.28. The van der Waals surface area contributed by atoms with Crippen molar-refractivity contribution in [1.29, 1.82) is 0 Å². The molecule has 0 bridgehead atoms. The predicted molar refractivity (Wildman–Crippen MR) is 140 cm³/mol. The molecule has 0 unspecified atom stereocenters. The van der Waals surface area contributed by atoms with Crippen molar-refractivity contribution in [1.82, 2.24) is 9.47 Å². The third kappa shape index (κ3) is 4.83. The molecular formula is C29H33ClN2O2. The van der Waals surface area contributed by atoms with Crippen molar-refractivity contribution < 1.29 is 9.59 Å². The maximum Gasteiger partial charge on any atom is 0.245 e. The fraction of sp³-hybridized carbons (Fsp3) is 0.379. The van der Waals surface area contributed by atoms with E-state index in [-0.39, 0.29) is 11.7 Å². The van der Waals surface area contributed by atoms with Gasteiger partial charge in [-0.05, 0) is 67.0 Å². The van der Waals surface area contributed by atoms with Gasteiger partial charge in [-0.1, -0.05) is 56.3 Å². The van der Waals surface area contributed by atoms with Gasteiger partial charge in [0.25, 0.3) is 0 Å². The van der Waals surface area contributed by atoms with E-state index in [0.29, 0.717) is 29.8 Å². The summed E-state index contributed by atoms with van der Waals surface area (Å²) in [6, 6.07) is 14.5. The summed E-state index contributed by atoms with van der Waals surface area (Å²) < 4.78 is 2.15. The predicted octanol–water partition coefficient (Wildman–Crippen LogP) is 6.78. The van der Waals surface area contributed by atoms with E-state index in [1.807, 2.05) is 18.2 Å². The molecule has 2 aromatic carbocycles. The van der Waals surface area contributed by atoms with E-state index in [2.05, 4.69) is 56.2 Å². The first-order valence-electron chi connectivity index (χ1n) is 12.1. The summed E-state index contributed by atoms with van der Waals surface area (Å²) in [6.45, 7) is 12.0. The van der Waals surface area contributed by atoms with Crippen molar-refractivity contribution in [2.24, 2.45) is 5.92 Å². The number of carbonyl (C=O) groups is 2. The average Bonchev–Trinajstić information content (AvgIpc) is 3.05. The molecule has 0 spiro atoms. The van der Waals surface area contributed by atoms with Crippen LogP contribution in [0.2, 0.25) is 5.02 Å². The molecule has 0 atom stereocenters. The highest BCUT2D eigenvalue weighted by atomic mass is 35.5. The largest absolute Gasteiger partial charge is 0.338 e. The van der Waals surface area contributed by atoms with Crippen LogP contribution in [-0.4, -0.2) is 34.2 Å². The molecule has 5 heteroatoms. The Kier molecular flexibility index (Phi) is 7.27. The van der Waals surface area contributed by atoms with Gasteiger partial charge in [0.15, 0.2) is 5.78 Å². The molecule has 1 aliphatic heterocycles. The minimum atomic E-state index is -0.00256. The summed E-state index contributed by atoms with van der Waals surface area (Å²) in [7, 11) is 0. The molecule has 0 saturated carbocycles. The fourth-order valence-electron chi connectivity index (χ4n) is 5.13. The van der Waals surface area contributed by atoms with E-state index in [4.69, 9.17) is 11.6 Å². The Morgan fingerprint density at radius 2 is 1.91 bits per heavy atom. The fourth-order valence-corrected chi connectivity index (χ4v) is 5.30. The number of ketones is 1. The Labute approximate surface area is 207 Å². The summed E-state index contributed by atoms with van der Waals surface area (Å²) in [5.41, 5.74) is 5.80. The standard InChI is InChI=1S/C29H33ClN2O2/c1-5-28(34)31-16-21(17-31)9-8-10-23(33)18-32-20(4)29(26-15-22(30)13-14-27(26)32)25-12-7-6-11-24(25)19(2)3/h5-7,11-15,19,21H,1,8-10,16-18H2,2-4H3. The molecule has 4 nitrogen and oxygen atoms in total. The van der Waals surface area contributed by atoms with Gasteiger partial charge in [-0.15, -0.1) is 0 Å². The van der Waals surface area contributed by atoms with Gasteiger partial charge in [-0.3, -0.25) is 9.59 Å². The molecule has 1 aliphatic rings. The van der Waals surface area contributed by atoms with Crippen LogP contribution in [0.5, 0.6) is 0 Å². The van der Waals surface area contributed by atoms with Crippen molar-refractivity contribution in [3.05, 3.63) is 71.4 Å². The van der Waals surface area contributed by atoms with Gasteiger partial charge in [0.05, 0.1) is 6.54 Å². The Bertz CT molecular complexity index is 1230. The number of rotatable bonds is 9. The molecule has 178 valence electrons. The number of benzene rings is 2. The Morgan fingerprint density at radius 1 is 1.18 bits per heavy atom. The van der Waals surface area contributed by atoms with Gasteiger partial charge >= 0.3 is 0 Å². The first-order chi connectivity index (χ1) is 16.3. The number of likely N-dealkylation sites (tertiary alicyclic amines) is 1. The number of Topliss-reactive ketones (excluding diaryl/α,β-unsaturated/α-hetero) is 1. The summed E-state index contributed by atoms with van der Waals surface area (Å²) in [6.07, 6.45) is 3.74. The maximum absolute atomic E-state index is 13.0. The molecule has 1 fully saturated rings. The average molecular weight is 477 g/mol. The zero-order valence-corrected chi connectivity index (χ0v) is 21.1. The molecule has 0 aliphatic carbocycles. The lowest BCUT2D eigenvalue weighted by Crippen LogP contribution is -2.49. The van der Waals surface area contributed by atoms with Crippen LogP contribution in [0.3, 0.4) is 0 Å². The van der Waals surface area contributed by atoms with Gasteiger partial charge in [0.2, 0.25) is 5.91 Å². The van der Waals surface area contributed by atoms with Crippen LogP contribution in [0.4, 0.5) is 0 Å². The summed E-state index contributed by atoms with van der Waals surface area (Å²) >= 11 is 6.40. The molecule has 0 N–H and O–H groups in total. The number of aromatic nitrogens is 1. The Morgan fingerprint density at radius 3 is 2.62 bits per heavy atom. The minimum absolute atomic E-state index is 0.00256. The number of fused-ring (bicyclic) bond motifs is 1. The van der Waals surface area contributed by atoms with Gasteiger partial charge < -0.3 is 9.47 Å².